The van der Waals surface area contributed by atoms with E-state index in [2.05, 4.69) is 5.32 Å². The van der Waals surface area contributed by atoms with Crippen molar-refractivity contribution in [1.82, 2.24) is 0 Å². The maximum Gasteiger partial charge on any atom is 0.241 e. The summed E-state index contributed by atoms with van der Waals surface area (Å²) in [7, 11) is 1.55. The van der Waals surface area contributed by atoms with Crippen molar-refractivity contribution in [2.45, 2.75) is 38.6 Å². The van der Waals surface area contributed by atoms with E-state index in [0.29, 0.717) is 30.8 Å². The van der Waals surface area contributed by atoms with Crippen LogP contribution >= 0.6 is 0 Å². The summed E-state index contributed by atoms with van der Waals surface area (Å²) in [5.74, 6) is 0.450. The normalized spacial score (nSPS) is 15.8. The van der Waals surface area contributed by atoms with Gasteiger partial charge in [0.2, 0.25) is 11.8 Å². The molecule has 2 amide bonds. The minimum Gasteiger partial charge on any atom is -0.494 e. The summed E-state index contributed by atoms with van der Waals surface area (Å²) < 4.78 is 5.36. The van der Waals surface area contributed by atoms with E-state index in [-0.39, 0.29) is 11.8 Å². The monoisotopic (exact) mass is 305 g/mol. The molecule has 0 spiro atoms. The average Bonchev–Trinajstić information content (AvgIpc) is 2.93. The van der Waals surface area contributed by atoms with E-state index in [0.717, 1.165) is 18.5 Å². The van der Waals surface area contributed by atoms with Crippen LogP contribution in [0.5, 0.6) is 5.75 Å². The van der Waals surface area contributed by atoms with Crippen LogP contribution in [0, 0.1) is 0 Å². The highest BCUT2D eigenvalue weighted by Gasteiger charge is 2.24. The van der Waals surface area contributed by atoms with Gasteiger partial charge >= 0.3 is 0 Å². The molecule has 1 fully saturated rings. The summed E-state index contributed by atoms with van der Waals surface area (Å²) in [6.45, 7) is 2.68. The summed E-state index contributed by atoms with van der Waals surface area (Å²) in [5.41, 5.74) is 7.15. The van der Waals surface area contributed by atoms with E-state index in [1.165, 1.54) is 0 Å². The third-order valence-electron chi connectivity index (χ3n) is 3.75. The summed E-state index contributed by atoms with van der Waals surface area (Å²) in [6, 6.07) is 4.76. The smallest absolute Gasteiger partial charge is 0.241 e. The van der Waals surface area contributed by atoms with Gasteiger partial charge < -0.3 is 20.7 Å². The van der Waals surface area contributed by atoms with Crippen molar-refractivity contribution in [1.29, 1.82) is 0 Å². The molecule has 1 aromatic carbocycles. The number of rotatable bonds is 6. The standard InChI is InChI=1S/C16H23N3O3/c1-3-5-12(17)16(21)18-11-7-8-13(14(10-11)22-2)19-9-4-6-15(19)20/h7-8,10,12H,3-6,9,17H2,1-2H3,(H,18,21). The lowest BCUT2D eigenvalue weighted by molar-refractivity contribution is -0.118. The quantitative estimate of drug-likeness (QED) is 0.840. The number of nitrogens with two attached hydrogens (primary N) is 1. The second kappa shape index (κ2) is 7.26. The molecule has 0 aliphatic carbocycles. The van der Waals surface area contributed by atoms with Crippen molar-refractivity contribution in [3.63, 3.8) is 0 Å². The topological polar surface area (TPSA) is 84.7 Å². The number of benzene rings is 1. The number of nitrogens with one attached hydrogen (secondary N) is 1. The summed E-state index contributed by atoms with van der Waals surface area (Å²) in [6.07, 6.45) is 2.91. The number of hydrogen-bond donors (Lipinski definition) is 2. The molecular formula is C16H23N3O3. The van der Waals surface area contributed by atoms with Crippen LogP contribution in [0.25, 0.3) is 0 Å². The fraction of sp³-hybridized carbons (Fsp3) is 0.500. The highest BCUT2D eigenvalue weighted by Crippen LogP contribution is 2.33. The largest absolute Gasteiger partial charge is 0.494 e. The van der Waals surface area contributed by atoms with Crippen LogP contribution in [0.15, 0.2) is 18.2 Å². The van der Waals surface area contributed by atoms with E-state index in [9.17, 15) is 9.59 Å². The molecule has 120 valence electrons. The maximum absolute atomic E-state index is 12.0. The van der Waals surface area contributed by atoms with Crippen molar-refractivity contribution in [2.75, 3.05) is 23.9 Å². The van der Waals surface area contributed by atoms with Gasteiger partial charge in [-0.3, -0.25) is 9.59 Å². The maximum atomic E-state index is 12.0. The number of carbonyl (C=O) groups excluding carboxylic acids is 2. The highest BCUT2D eigenvalue weighted by atomic mass is 16.5. The van der Waals surface area contributed by atoms with Crippen molar-refractivity contribution < 1.29 is 14.3 Å². The van der Waals surface area contributed by atoms with Gasteiger partial charge in [0.1, 0.15) is 5.75 Å². The molecule has 0 radical (unpaired) electrons. The number of carbonyl (C=O) groups is 2. The van der Waals surface area contributed by atoms with Crippen LogP contribution in [-0.2, 0) is 9.59 Å². The summed E-state index contributed by atoms with van der Waals surface area (Å²) >= 11 is 0. The summed E-state index contributed by atoms with van der Waals surface area (Å²) in [5, 5.41) is 2.78. The zero-order valence-electron chi connectivity index (χ0n) is 13.1. The molecule has 1 heterocycles. The minimum absolute atomic E-state index is 0.0973. The van der Waals surface area contributed by atoms with Gasteiger partial charge in [-0.1, -0.05) is 13.3 Å². The van der Waals surface area contributed by atoms with Gasteiger partial charge in [0.05, 0.1) is 18.8 Å². The molecule has 1 aromatic rings. The molecule has 0 bridgehead atoms. The second-order valence-corrected chi connectivity index (χ2v) is 5.42. The fourth-order valence-corrected chi connectivity index (χ4v) is 2.56. The van der Waals surface area contributed by atoms with Crippen LogP contribution in [-0.4, -0.2) is 31.5 Å². The second-order valence-electron chi connectivity index (χ2n) is 5.42. The summed E-state index contributed by atoms with van der Waals surface area (Å²) in [4.78, 5) is 25.5. The van der Waals surface area contributed by atoms with Gasteiger partial charge in [0.15, 0.2) is 0 Å². The Kier molecular flexibility index (Phi) is 5.38. The molecule has 0 saturated carbocycles. The van der Waals surface area contributed by atoms with Gasteiger partial charge in [0, 0.05) is 24.7 Å². The number of hydrogen-bond acceptors (Lipinski definition) is 4. The lowest BCUT2D eigenvalue weighted by atomic mass is 10.1. The van der Waals surface area contributed by atoms with Gasteiger partial charge in [0.25, 0.3) is 0 Å². The molecule has 1 aliphatic rings. The van der Waals surface area contributed by atoms with Crippen LogP contribution in [0.2, 0.25) is 0 Å². The average molecular weight is 305 g/mol. The first-order valence-corrected chi connectivity index (χ1v) is 7.61. The number of nitrogens with zero attached hydrogens (tertiary/aromatic N) is 1. The zero-order valence-corrected chi connectivity index (χ0v) is 13.1. The molecule has 1 aliphatic heterocycles. The Morgan fingerprint density at radius 2 is 2.27 bits per heavy atom. The number of anilines is 2. The molecule has 1 saturated heterocycles. The number of ether oxygens (including phenoxy) is 1. The third kappa shape index (κ3) is 3.57. The van der Waals surface area contributed by atoms with Gasteiger partial charge in [-0.25, -0.2) is 0 Å². The molecule has 6 heteroatoms. The molecule has 2 rings (SSSR count). The molecule has 22 heavy (non-hydrogen) atoms. The zero-order chi connectivity index (χ0) is 16.1. The minimum atomic E-state index is -0.518. The highest BCUT2D eigenvalue weighted by molar-refractivity contribution is 5.98. The van der Waals surface area contributed by atoms with E-state index in [4.69, 9.17) is 10.5 Å². The first kappa shape index (κ1) is 16.3. The van der Waals surface area contributed by atoms with Gasteiger partial charge in [-0.2, -0.15) is 0 Å². The lowest BCUT2D eigenvalue weighted by Gasteiger charge is -2.20. The van der Waals surface area contributed by atoms with Crippen molar-refractivity contribution >= 4 is 23.2 Å². The van der Waals surface area contributed by atoms with Crippen molar-refractivity contribution in [2.24, 2.45) is 5.73 Å². The molecule has 3 N–H and O–H groups in total. The Morgan fingerprint density at radius 3 is 2.86 bits per heavy atom. The predicted octanol–water partition coefficient (Wildman–Crippen LogP) is 1.89. The third-order valence-corrected chi connectivity index (χ3v) is 3.75. The van der Waals surface area contributed by atoms with E-state index in [1.807, 2.05) is 6.92 Å². The van der Waals surface area contributed by atoms with Crippen LogP contribution in [0.1, 0.15) is 32.6 Å². The van der Waals surface area contributed by atoms with Gasteiger partial charge in [-0.15, -0.1) is 0 Å². The Hall–Kier alpha value is -2.08. The Bertz CT molecular complexity index is 560. The van der Waals surface area contributed by atoms with Gasteiger partial charge in [-0.05, 0) is 25.0 Å². The number of methoxy groups -OCH3 is 1. The Balaban J connectivity index is 2.15. The van der Waals surface area contributed by atoms with E-state index >= 15 is 0 Å². The van der Waals surface area contributed by atoms with Crippen LogP contribution in [0.4, 0.5) is 11.4 Å². The molecule has 1 unspecified atom stereocenters. The first-order chi connectivity index (χ1) is 10.6. The van der Waals surface area contributed by atoms with Crippen LogP contribution < -0.4 is 20.7 Å². The predicted molar refractivity (Wildman–Crippen MR) is 86.1 cm³/mol. The number of amides is 2. The molecule has 1 atom stereocenters. The molecular weight excluding hydrogens is 282 g/mol. The van der Waals surface area contributed by atoms with E-state index < -0.39 is 6.04 Å². The first-order valence-electron chi connectivity index (χ1n) is 7.61. The molecule has 0 aromatic heterocycles. The van der Waals surface area contributed by atoms with Crippen molar-refractivity contribution in [3.05, 3.63) is 18.2 Å². The molecule has 6 nitrogen and oxygen atoms in total. The van der Waals surface area contributed by atoms with Crippen LogP contribution in [0.3, 0.4) is 0 Å². The van der Waals surface area contributed by atoms with Crippen molar-refractivity contribution in [3.8, 4) is 5.75 Å². The SMILES string of the molecule is CCCC(N)C(=O)Nc1ccc(N2CCCC2=O)c(OC)c1. The Morgan fingerprint density at radius 1 is 1.50 bits per heavy atom. The fourth-order valence-electron chi connectivity index (χ4n) is 2.56. The van der Waals surface area contributed by atoms with E-state index in [1.54, 1.807) is 30.2 Å². The lowest BCUT2D eigenvalue weighted by Crippen LogP contribution is -2.35. The Labute approximate surface area is 130 Å².